The molecule has 17 heteroatoms. The van der Waals surface area contributed by atoms with Crippen molar-refractivity contribution in [3.05, 3.63) is 87.7 Å². The van der Waals surface area contributed by atoms with Crippen molar-refractivity contribution in [3.63, 3.8) is 0 Å². The molecular weight excluding hydrogens is 667 g/mol. The molecule has 0 radical (unpaired) electrons. The second-order valence-corrected chi connectivity index (χ2v) is 15.0. The fourth-order valence-electron chi connectivity index (χ4n) is 4.50. The largest absolute Gasteiger partial charge is 0.369 e. The van der Waals surface area contributed by atoms with Crippen molar-refractivity contribution >= 4 is 61.0 Å². The molecule has 1 aliphatic heterocycles. The van der Waals surface area contributed by atoms with Crippen LogP contribution < -0.4 is 15.8 Å². The number of carbonyl (C=O) groups excluding carboxylic acids is 3. The highest BCUT2D eigenvalue weighted by Gasteiger charge is 2.32. The molecule has 47 heavy (non-hydrogen) atoms. The van der Waals surface area contributed by atoms with Gasteiger partial charge in [0.25, 0.3) is 10.0 Å². The van der Waals surface area contributed by atoms with Gasteiger partial charge in [0.15, 0.2) is 5.01 Å². The lowest BCUT2D eigenvalue weighted by Crippen LogP contribution is -2.55. The molecule has 1 fully saturated rings. The minimum absolute atomic E-state index is 0.00491. The molecule has 1 unspecified atom stereocenters. The van der Waals surface area contributed by atoms with Crippen LogP contribution in [0.5, 0.6) is 0 Å². The van der Waals surface area contributed by atoms with E-state index >= 15 is 0 Å². The third-order valence-corrected chi connectivity index (χ3v) is 10.7. The molecule has 2 aromatic carbocycles. The minimum Gasteiger partial charge on any atom is -0.369 e. The van der Waals surface area contributed by atoms with E-state index < -0.39 is 50.2 Å². The van der Waals surface area contributed by atoms with Gasteiger partial charge in [-0.2, -0.15) is 4.31 Å². The van der Waals surface area contributed by atoms with Gasteiger partial charge in [-0.3, -0.25) is 19.4 Å². The first-order valence-corrected chi connectivity index (χ1v) is 18.3. The molecule has 14 nitrogen and oxygen atoms in total. The standard InChI is InChI=1S/C30H35N7O7S3/c1-22-9-11-24(12-10-22)47(43,44)35-30(31)33-14-5-8-25(28(40)29-32-15-18-45-29)34-26(38)20-36-16-17-37(21-27(36)39)46(41,42)19-13-23-6-3-2-4-7-23/h2-4,6-7,9-13,15,18-19,25H,5,8,14,16-17,20-21H2,1H3,(H,34,38)(H3,31,33,35)/b19-13+. The van der Waals surface area contributed by atoms with E-state index in [0.29, 0.717) is 5.56 Å². The molecule has 0 bridgehead atoms. The molecule has 1 atom stereocenters. The summed E-state index contributed by atoms with van der Waals surface area (Å²) in [4.78, 5) is 48.3. The number of nitrogens with zero attached hydrogens (tertiary/aromatic N) is 4. The summed E-state index contributed by atoms with van der Waals surface area (Å²) in [5.74, 6) is -1.92. The van der Waals surface area contributed by atoms with E-state index in [0.717, 1.165) is 26.6 Å². The molecular formula is C30H35N7O7S3. The number of ketones is 1. The van der Waals surface area contributed by atoms with Crippen LogP contribution in [0.3, 0.4) is 0 Å². The molecule has 1 aromatic heterocycles. The molecule has 4 N–H and O–H groups in total. The van der Waals surface area contributed by atoms with Gasteiger partial charge < -0.3 is 16.0 Å². The number of rotatable bonds is 14. The van der Waals surface area contributed by atoms with E-state index in [9.17, 15) is 31.2 Å². The number of nitrogens with two attached hydrogens (primary N) is 1. The molecule has 0 spiro atoms. The summed E-state index contributed by atoms with van der Waals surface area (Å²) >= 11 is 1.11. The Balaban J connectivity index is 1.31. The normalized spacial score (nSPS) is 15.5. The van der Waals surface area contributed by atoms with Crippen LogP contribution in [0.2, 0.25) is 0 Å². The molecule has 4 rings (SSSR count). The van der Waals surface area contributed by atoms with Gasteiger partial charge in [-0.05, 0) is 43.5 Å². The number of Topliss-reactive ketones (excluding diaryl/α,β-unsaturated/α-hetero) is 1. The predicted octanol–water partition coefficient (Wildman–Crippen LogP) is 1.34. The van der Waals surface area contributed by atoms with E-state index in [2.05, 4.69) is 20.0 Å². The van der Waals surface area contributed by atoms with Crippen molar-refractivity contribution in [1.82, 2.24) is 24.2 Å². The number of aryl methyl sites for hydroxylation is 1. The monoisotopic (exact) mass is 701 g/mol. The first-order valence-electron chi connectivity index (χ1n) is 14.5. The third-order valence-electron chi connectivity index (χ3n) is 7.01. The Morgan fingerprint density at radius 3 is 2.47 bits per heavy atom. The predicted molar refractivity (Wildman–Crippen MR) is 178 cm³/mol. The van der Waals surface area contributed by atoms with Crippen LogP contribution in [0, 0.1) is 6.92 Å². The average molecular weight is 702 g/mol. The average Bonchev–Trinajstić information content (AvgIpc) is 3.58. The van der Waals surface area contributed by atoms with Crippen molar-refractivity contribution in [1.29, 1.82) is 0 Å². The Morgan fingerprint density at radius 1 is 1.09 bits per heavy atom. The Kier molecular flexibility index (Phi) is 12.0. The summed E-state index contributed by atoms with van der Waals surface area (Å²) in [5.41, 5.74) is 7.38. The maximum atomic E-state index is 13.1. The van der Waals surface area contributed by atoms with Crippen LogP contribution in [0.15, 0.2) is 81.5 Å². The maximum absolute atomic E-state index is 13.1. The molecule has 1 aliphatic rings. The second-order valence-electron chi connectivity index (χ2n) is 10.6. The highest BCUT2D eigenvalue weighted by Crippen LogP contribution is 2.14. The van der Waals surface area contributed by atoms with Gasteiger partial charge in [-0.15, -0.1) is 11.3 Å². The van der Waals surface area contributed by atoms with Crippen molar-refractivity contribution in [3.8, 4) is 0 Å². The summed E-state index contributed by atoms with van der Waals surface area (Å²) in [6.45, 7) is 1.06. The van der Waals surface area contributed by atoms with Crippen molar-refractivity contribution in [2.24, 2.45) is 10.7 Å². The Hall–Kier alpha value is -4.45. The zero-order chi connectivity index (χ0) is 34.0. The highest BCUT2D eigenvalue weighted by atomic mass is 32.2. The first-order chi connectivity index (χ1) is 22.3. The SMILES string of the molecule is Cc1ccc(S(=O)(=O)NC(N)=NCCCC(NC(=O)CN2CCN(S(=O)(=O)/C=C/c3ccccc3)CC2=O)C(=O)c2nccs2)cc1. The van der Waals surface area contributed by atoms with Crippen LogP contribution >= 0.6 is 11.3 Å². The number of hydrogen-bond acceptors (Lipinski definition) is 10. The van der Waals surface area contributed by atoms with E-state index in [-0.39, 0.29) is 54.9 Å². The smallest absolute Gasteiger partial charge is 0.264 e. The lowest BCUT2D eigenvalue weighted by molar-refractivity contribution is -0.138. The van der Waals surface area contributed by atoms with E-state index in [1.807, 2.05) is 13.0 Å². The molecule has 0 saturated carbocycles. The summed E-state index contributed by atoms with van der Waals surface area (Å²) in [6.07, 6.45) is 3.28. The molecule has 0 aliphatic carbocycles. The van der Waals surface area contributed by atoms with E-state index in [4.69, 9.17) is 5.73 Å². The second kappa shape index (κ2) is 15.9. The Bertz CT molecular complexity index is 1830. The highest BCUT2D eigenvalue weighted by molar-refractivity contribution is 7.92. The number of guanidine groups is 1. The summed E-state index contributed by atoms with van der Waals surface area (Å²) in [7, 11) is -7.80. The lowest BCUT2D eigenvalue weighted by Gasteiger charge is -2.32. The van der Waals surface area contributed by atoms with Crippen LogP contribution in [-0.4, -0.2) is 93.3 Å². The summed E-state index contributed by atoms with van der Waals surface area (Å²) in [6, 6.07) is 14.1. The number of aromatic nitrogens is 1. The number of thiazole rings is 1. The fraction of sp³-hybridized carbons (Fsp3) is 0.300. The van der Waals surface area contributed by atoms with Crippen LogP contribution in [0.1, 0.15) is 33.8 Å². The molecule has 2 amide bonds. The van der Waals surface area contributed by atoms with Crippen molar-refractivity contribution in [2.75, 3.05) is 32.7 Å². The Labute approximate surface area is 277 Å². The van der Waals surface area contributed by atoms with Crippen molar-refractivity contribution < 1.29 is 31.2 Å². The van der Waals surface area contributed by atoms with Gasteiger partial charge in [0.05, 0.1) is 24.0 Å². The quantitative estimate of drug-likeness (QED) is 0.0960. The number of amides is 2. The van der Waals surface area contributed by atoms with Crippen LogP contribution in [0.25, 0.3) is 6.08 Å². The topological polar surface area (TPSA) is 201 Å². The summed E-state index contributed by atoms with van der Waals surface area (Å²) < 4.78 is 53.9. The van der Waals surface area contributed by atoms with E-state index in [1.54, 1.807) is 41.8 Å². The molecule has 250 valence electrons. The van der Waals surface area contributed by atoms with Crippen molar-refractivity contribution in [2.45, 2.75) is 30.7 Å². The number of carbonyl (C=O) groups is 3. The number of aliphatic imine (C=N–C) groups is 1. The minimum atomic E-state index is -3.93. The van der Waals surface area contributed by atoms with Crippen LogP contribution in [-0.2, 0) is 29.6 Å². The van der Waals surface area contributed by atoms with Gasteiger partial charge >= 0.3 is 0 Å². The van der Waals surface area contributed by atoms with Gasteiger partial charge in [0, 0.05) is 36.6 Å². The number of benzene rings is 2. The van der Waals surface area contributed by atoms with Gasteiger partial charge in [-0.25, -0.2) is 26.5 Å². The van der Waals surface area contributed by atoms with E-state index in [1.165, 1.54) is 29.3 Å². The number of nitrogens with one attached hydrogen (secondary N) is 2. The zero-order valence-corrected chi connectivity index (χ0v) is 27.9. The lowest BCUT2D eigenvalue weighted by atomic mass is 10.1. The number of piperazine rings is 1. The van der Waals surface area contributed by atoms with Gasteiger partial charge in [0.1, 0.15) is 0 Å². The third kappa shape index (κ3) is 10.3. The molecule has 2 heterocycles. The van der Waals surface area contributed by atoms with Gasteiger partial charge in [-0.1, -0.05) is 48.0 Å². The number of hydrogen-bond donors (Lipinski definition) is 3. The first kappa shape index (κ1) is 35.4. The van der Waals surface area contributed by atoms with Gasteiger partial charge in [0.2, 0.25) is 33.6 Å². The number of sulfonamides is 2. The Morgan fingerprint density at radius 2 is 1.81 bits per heavy atom. The van der Waals surface area contributed by atoms with Crippen LogP contribution in [0.4, 0.5) is 0 Å². The summed E-state index contributed by atoms with van der Waals surface area (Å²) in [5, 5.41) is 5.51. The molecule has 1 saturated heterocycles. The fourth-order valence-corrected chi connectivity index (χ4v) is 7.21. The zero-order valence-electron chi connectivity index (χ0n) is 25.5. The maximum Gasteiger partial charge on any atom is 0.264 e. The molecule has 3 aromatic rings.